The normalized spacial score (nSPS) is 20.8. The summed E-state index contributed by atoms with van der Waals surface area (Å²) in [5.74, 6) is -20.0. The van der Waals surface area contributed by atoms with Crippen LogP contribution in [0.4, 0.5) is 48.3 Å². The van der Waals surface area contributed by atoms with E-state index in [0.717, 1.165) is 0 Å². The number of sulfone groups is 2. The number of rotatable bonds is 4. The van der Waals surface area contributed by atoms with E-state index in [-0.39, 0.29) is 0 Å². The molecule has 0 saturated heterocycles. The van der Waals surface area contributed by atoms with Crippen LogP contribution in [0.5, 0.6) is 0 Å². The quantitative estimate of drug-likeness (QED) is 0.304. The molecule has 0 bridgehead atoms. The number of hydrogen-bond donors (Lipinski definition) is 0. The largest absolute Gasteiger partial charge is 0.499 e. The van der Waals surface area contributed by atoms with Crippen molar-refractivity contribution < 1.29 is 65.1 Å². The van der Waals surface area contributed by atoms with Gasteiger partial charge >= 0.3 is 5.51 Å². The highest BCUT2D eigenvalue weighted by Gasteiger charge is 2.60. The molecule has 3 unspecified atom stereocenters. The van der Waals surface area contributed by atoms with E-state index in [1.54, 1.807) is 0 Å². The maximum absolute atomic E-state index is 15.1. The van der Waals surface area contributed by atoms with Gasteiger partial charge in [0, 0.05) is 0 Å². The third-order valence-electron chi connectivity index (χ3n) is 5.30. The van der Waals surface area contributed by atoms with Gasteiger partial charge < -0.3 is 0 Å². The van der Waals surface area contributed by atoms with Gasteiger partial charge in [-0.15, -0.1) is 0 Å². The zero-order chi connectivity index (χ0) is 26.1. The molecule has 2 aromatic rings. The highest BCUT2D eigenvalue weighted by atomic mass is 32.3. The van der Waals surface area contributed by atoms with E-state index in [1.165, 1.54) is 0 Å². The smallest absolute Gasteiger partial charge is 0.247 e. The van der Waals surface area contributed by atoms with Crippen LogP contribution in [-0.4, -0.2) is 33.8 Å². The summed E-state index contributed by atoms with van der Waals surface area (Å²) < 4.78 is 198. The Kier molecular flexibility index (Phi) is 6.38. The first-order valence-corrected chi connectivity index (χ1v) is 12.0. The summed E-state index contributed by atoms with van der Waals surface area (Å²) in [5, 5.41) is -6.92. The number of halogens is 11. The van der Waals surface area contributed by atoms with Gasteiger partial charge in [0.25, 0.3) is 9.84 Å². The molecule has 0 aliphatic heterocycles. The predicted molar refractivity (Wildman–Crippen MR) is 92.8 cm³/mol. The summed E-state index contributed by atoms with van der Waals surface area (Å²) in [4.78, 5) is 0. The minimum absolute atomic E-state index is 0.593. The van der Waals surface area contributed by atoms with Gasteiger partial charge in [0.2, 0.25) is 4.58 Å². The first kappa shape index (κ1) is 26.4. The van der Waals surface area contributed by atoms with Crippen molar-refractivity contribution >= 4 is 30.4 Å². The van der Waals surface area contributed by atoms with Crippen LogP contribution in [0.3, 0.4) is 0 Å². The standard InChI is InChI=1S/C17H9F11O4S2/c18-4-1-2-5(3-4)33(29,30)16(34(31,32)17(26,27)28)8-9(19)6-7(10(20)13(8)23)12(22)15(25)14(24)11(6)21/h4-5,16H,1-3H2. The second-order valence-electron chi connectivity index (χ2n) is 7.31. The average molecular weight is 550 g/mol. The van der Waals surface area contributed by atoms with Gasteiger partial charge in [-0.05, 0) is 19.3 Å². The van der Waals surface area contributed by atoms with Crippen molar-refractivity contribution in [3.63, 3.8) is 0 Å². The molecule has 0 aromatic heterocycles. The molecule has 1 aliphatic rings. The molecule has 4 nitrogen and oxygen atoms in total. The lowest BCUT2D eigenvalue weighted by Crippen LogP contribution is -2.38. The Morgan fingerprint density at radius 1 is 0.676 bits per heavy atom. The maximum atomic E-state index is 15.1. The molecule has 0 heterocycles. The summed E-state index contributed by atoms with van der Waals surface area (Å²) in [6, 6.07) is 0. The van der Waals surface area contributed by atoms with Crippen LogP contribution in [0.2, 0.25) is 0 Å². The lowest BCUT2D eigenvalue weighted by atomic mass is 10.0. The maximum Gasteiger partial charge on any atom is 0.499 e. The minimum Gasteiger partial charge on any atom is -0.247 e. The fraction of sp³-hybridized carbons (Fsp3) is 0.412. The number of benzene rings is 2. The molecule has 190 valence electrons. The van der Waals surface area contributed by atoms with Gasteiger partial charge in [-0.1, -0.05) is 0 Å². The van der Waals surface area contributed by atoms with Gasteiger partial charge in [0.05, 0.1) is 21.6 Å². The number of hydrogen-bond acceptors (Lipinski definition) is 4. The van der Waals surface area contributed by atoms with Crippen LogP contribution in [0.1, 0.15) is 29.4 Å². The van der Waals surface area contributed by atoms with Gasteiger partial charge in [-0.2, -0.15) is 13.2 Å². The van der Waals surface area contributed by atoms with E-state index in [4.69, 9.17) is 0 Å². The lowest BCUT2D eigenvalue weighted by Gasteiger charge is -2.24. The van der Waals surface area contributed by atoms with Crippen molar-refractivity contribution in [3.8, 4) is 0 Å². The number of fused-ring (bicyclic) bond motifs is 1. The summed E-state index contributed by atoms with van der Waals surface area (Å²) >= 11 is 0. The van der Waals surface area contributed by atoms with Crippen molar-refractivity contribution in [2.24, 2.45) is 0 Å². The Morgan fingerprint density at radius 2 is 1.12 bits per heavy atom. The van der Waals surface area contributed by atoms with Crippen molar-refractivity contribution in [2.75, 3.05) is 0 Å². The molecule has 0 amide bonds. The van der Waals surface area contributed by atoms with Gasteiger partial charge in [-0.3, -0.25) is 0 Å². The molecule has 3 atom stereocenters. The van der Waals surface area contributed by atoms with E-state index in [0.29, 0.717) is 0 Å². The Morgan fingerprint density at radius 3 is 1.53 bits per heavy atom. The van der Waals surface area contributed by atoms with Crippen LogP contribution in [0, 0.1) is 40.7 Å². The number of alkyl halides is 4. The van der Waals surface area contributed by atoms with Crippen molar-refractivity contribution in [2.45, 2.75) is 40.8 Å². The third kappa shape index (κ3) is 3.70. The van der Waals surface area contributed by atoms with Gasteiger partial charge in [0.1, 0.15) is 12.0 Å². The molecular weight excluding hydrogens is 541 g/mol. The van der Waals surface area contributed by atoms with E-state index in [2.05, 4.69) is 0 Å². The lowest BCUT2D eigenvalue weighted by molar-refractivity contribution is -0.0439. The van der Waals surface area contributed by atoms with E-state index in [9.17, 15) is 60.7 Å². The molecule has 3 rings (SSSR count). The van der Waals surface area contributed by atoms with Crippen LogP contribution >= 0.6 is 0 Å². The minimum atomic E-state index is -7.22. The molecular formula is C17H9F11O4S2. The molecule has 1 aliphatic carbocycles. The van der Waals surface area contributed by atoms with E-state index >= 15 is 4.39 Å². The van der Waals surface area contributed by atoms with Crippen molar-refractivity contribution in [1.82, 2.24) is 0 Å². The van der Waals surface area contributed by atoms with Crippen LogP contribution in [0.15, 0.2) is 0 Å². The molecule has 0 N–H and O–H groups in total. The Balaban J connectivity index is 2.54. The summed E-state index contributed by atoms with van der Waals surface area (Å²) in [5.41, 5.74) is -9.32. The van der Waals surface area contributed by atoms with E-state index in [1.807, 2.05) is 0 Å². The highest BCUT2D eigenvalue weighted by Crippen LogP contribution is 2.47. The van der Waals surface area contributed by atoms with Crippen LogP contribution in [0.25, 0.3) is 10.8 Å². The molecule has 0 radical (unpaired) electrons. The Labute approximate surface area is 183 Å². The monoisotopic (exact) mass is 550 g/mol. The van der Waals surface area contributed by atoms with Crippen LogP contribution < -0.4 is 0 Å². The third-order valence-corrected chi connectivity index (χ3v) is 10.5. The summed E-state index contributed by atoms with van der Waals surface area (Å²) in [6.07, 6.45) is -4.44. The SMILES string of the molecule is O=S(=O)(C1CCC(F)C1)C(c1c(F)c(F)c2c(F)c(F)c(F)c(F)c2c1F)S(=O)(=O)C(F)(F)F. The zero-order valence-electron chi connectivity index (χ0n) is 16.0. The first-order valence-electron chi connectivity index (χ1n) is 8.86. The highest BCUT2D eigenvalue weighted by molar-refractivity contribution is 8.09. The second-order valence-corrected chi connectivity index (χ2v) is 11.9. The van der Waals surface area contributed by atoms with Crippen molar-refractivity contribution in [3.05, 3.63) is 46.3 Å². The molecule has 17 heteroatoms. The average Bonchev–Trinajstić information content (AvgIpc) is 3.16. The molecule has 1 fully saturated rings. The fourth-order valence-electron chi connectivity index (χ4n) is 3.69. The summed E-state index contributed by atoms with van der Waals surface area (Å²) in [6.45, 7) is 0. The van der Waals surface area contributed by atoms with Gasteiger partial charge in [-0.25, -0.2) is 52.0 Å². The zero-order valence-corrected chi connectivity index (χ0v) is 17.6. The fourth-order valence-corrected chi connectivity index (χ4v) is 8.49. The van der Waals surface area contributed by atoms with Crippen molar-refractivity contribution in [1.29, 1.82) is 0 Å². The van der Waals surface area contributed by atoms with Gasteiger partial charge in [0.15, 0.2) is 44.7 Å². The Bertz CT molecular complexity index is 1400. The predicted octanol–water partition coefficient (Wildman–Crippen LogP) is 5.05. The topological polar surface area (TPSA) is 68.3 Å². The molecule has 0 spiro atoms. The first-order chi connectivity index (χ1) is 15.4. The second kappa shape index (κ2) is 8.20. The Hall–Kier alpha value is -2.17. The van der Waals surface area contributed by atoms with E-state index < -0.39 is 118 Å². The van der Waals surface area contributed by atoms with Crippen LogP contribution in [-0.2, 0) is 19.7 Å². The molecule has 2 aromatic carbocycles. The summed E-state index contributed by atoms with van der Waals surface area (Å²) in [7, 11) is -13.2. The molecule has 1 saturated carbocycles. The molecule has 34 heavy (non-hydrogen) atoms.